The molecular weight excluding hydrogens is 455 g/mol. The van der Waals surface area contributed by atoms with Crippen LogP contribution in [-0.2, 0) is 4.74 Å². The van der Waals surface area contributed by atoms with Crippen LogP contribution in [0.5, 0.6) is 0 Å². The molecule has 1 unspecified atom stereocenters. The number of nitrogens with zero attached hydrogens (tertiary/aromatic N) is 6. The first-order valence-electron chi connectivity index (χ1n) is 11.6. The monoisotopic (exact) mass is 486 g/mol. The Morgan fingerprint density at radius 1 is 1.23 bits per heavy atom. The molecule has 3 aromatic heterocycles. The molecule has 3 aromatic rings. The van der Waals surface area contributed by atoms with Gasteiger partial charge in [-0.3, -0.25) is 9.69 Å². The lowest BCUT2D eigenvalue weighted by Crippen LogP contribution is -2.45. The smallest absolute Gasteiger partial charge is 0.255 e. The molecule has 0 aromatic carbocycles. The van der Waals surface area contributed by atoms with Gasteiger partial charge in [-0.15, -0.1) is 0 Å². The second-order valence-electron chi connectivity index (χ2n) is 9.16. The zero-order valence-corrected chi connectivity index (χ0v) is 20.1. The number of rotatable bonds is 9. The average molecular weight is 487 g/mol. The van der Waals surface area contributed by atoms with Crippen LogP contribution in [-0.4, -0.2) is 97.9 Å². The Morgan fingerprint density at radius 3 is 2.74 bits per heavy atom. The molecule has 3 N–H and O–H groups in total. The molecule has 1 saturated heterocycles. The van der Waals surface area contributed by atoms with E-state index in [0.29, 0.717) is 36.9 Å². The van der Waals surface area contributed by atoms with E-state index in [1.165, 1.54) is 26.4 Å². The molecule has 0 bridgehead atoms. The van der Waals surface area contributed by atoms with Gasteiger partial charge in [0, 0.05) is 44.1 Å². The molecule has 12 heteroatoms. The molecule has 1 fully saturated rings. The first kappa shape index (κ1) is 24.9. The first-order chi connectivity index (χ1) is 16.7. The van der Waals surface area contributed by atoms with Crippen molar-refractivity contribution in [3.05, 3.63) is 36.5 Å². The number of alkyl halides is 1. The fourth-order valence-corrected chi connectivity index (χ4v) is 3.76. The molecule has 0 saturated carbocycles. The highest BCUT2D eigenvalue weighted by atomic mass is 19.1. The molecule has 4 rings (SSSR count). The number of pyridine rings is 1. The molecule has 2 atom stereocenters. The highest BCUT2D eigenvalue weighted by Gasteiger charge is 2.27. The summed E-state index contributed by atoms with van der Waals surface area (Å²) in [5.41, 5.74) is -0.184. The van der Waals surface area contributed by atoms with Gasteiger partial charge in [0.25, 0.3) is 5.91 Å². The maximum Gasteiger partial charge on any atom is 0.255 e. The van der Waals surface area contributed by atoms with Crippen LogP contribution in [0.25, 0.3) is 16.9 Å². The quantitative estimate of drug-likeness (QED) is 0.408. The average Bonchev–Trinajstić information content (AvgIpc) is 3.29. The number of carbonyl (C=O) groups excluding carboxylic acids is 1. The summed E-state index contributed by atoms with van der Waals surface area (Å²) in [4.78, 5) is 28.0. The number of fused-ring (bicyclic) bond motifs is 1. The zero-order valence-electron chi connectivity index (χ0n) is 20.1. The Kier molecular flexibility index (Phi) is 7.53. The van der Waals surface area contributed by atoms with Crippen LogP contribution in [0, 0.1) is 0 Å². The second-order valence-corrected chi connectivity index (χ2v) is 9.16. The summed E-state index contributed by atoms with van der Waals surface area (Å²) in [5.74, 6) is -0.0261. The Hall–Kier alpha value is -3.22. The predicted molar refractivity (Wildman–Crippen MR) is 128 cm³/mol. The van der Waals surface area contributed by atoms with Crippen molar-refractivity contribution < 1.29 is 19.0 Å². The van der Waals surface area contributed by atoms with Crippen molar-refractivity contribution in [2.75, 3.05) is 44.7 Å². The molecular formula is C23H31FN8O3. The molecule has 35 heavy (non-hydrogen) atoms. The number of morpholine rings is 1. The molecule has 1 aliphatic rings. The van der Waals surface area contributed by atoms with Crippen molar-refractivity contribution in [1.29, 1.82) is 0 Å². The number of nitrogens with one attached hydrogen (secondary N) is 2. The van der Waals surface area contributed by atoms with E-state index < -0.39 is 17.7 Å². The van der Waals surface area contributed by atoms with Gasteiger partial charge in [-0.05, 0) is 20.8 Å². The number of ether oxygens (including phenoxy) is 1. The van der Waals surface area contributed by atoms with Crippen molar-refractivity contribution in [3.8, 4) is 5.82 Å². The standard InChI is InChI=1S/C23H31FN8O3/c1-15(31-4-6-35-7-5-31)9-26-18-8-20(32-21-16(11-30-32)10-25-14-29-21)27-12-17(18)22(33)28-13-19(24)23(2,3)34/h8,10-12,14-15,19,34H,4-7,9,13H2,1-3H3,(H,26,27)(H,28,33)/t15?,19-/m1/s1. The normalized spacial score (nSPS) is 16.7. The van der Waals surface area contributed by atoms with E-state index in [9.17, 15) is 14.3 Å². The minimum absolute atomic E-state index is 0.190. The second kappa shape index (κ2) is 10.6. The summed E-state index contributed by atoms with van der Waals surface area (Å²) in [6, 6.07) is 1.91. The van der Waals surface area contributed by atoms with E-state index in [4.69, 9.17) is 4.74 Å². The van der Waals surface area contributed by atoms with Crippen LogP contribution in [0.3, 0.4) is 0 Å². The van der Waals surface area contributed by atoms with Gasteiger partial charge < -0.3 is 20.5 Å². The summed E-state index contributed by atoms with van der Waals surface area (Å²) < 4.78 is 21.2. The van der Waals surface area contributed by atoms with E-state index in [1.54, 1.807) is 23.1 Å². The number of halogens is 1. The van der Waals surface area contributed by atoms with Crippen LogP contribution in [0.1, 0.15) is 31.1 Å². The maximum atomic E-state index is 14.2. The summed E-state index contributed by atoms with van der Waals surface area (Å²) in [7, 11) is 0. The van der Waals surface area contributed by atoms with Crippen LogP contribution in [0.15, 0.2) is 31.0 Å². The van der Waals surface area contributed by atoms with E-state index >= 15 is 0 Å². The van der Waals surface area contributed by atoms with Crippen molar-refractivity contribution in [3.63, 3.8) is 0 Å². The number of hydrogen-bond donors (Lipinski definition) is 3. The lowest BCUT2D eigenvalue weighted by molar-refractivity contribution is -0.00177. The van der Waals surface area contributed by atoms with E-state index in [2.05, 4.69) is 42.5 Å². The number of aromatic nitrogens is 5. The molecule has 0 radical (unpaired) electrons. The minimum atomic E-state index is -1.62. The Morgan fingerprint density at radius 2 is 2.00 bits per heavy atom. The van der Waals surface area contributed by atoms with Gasteiger partial charge in [0.1, 0.15) is 12.5 Å². The number of anilines is 1. The molecule has 0 spiro atoms. The third-order valence-electron chi connectivity index (χ3n) is 6.05. The molecule has 11 nitrogen and oxygen atoms in total. The molecule has 1 amide bonds. The van der Waals surface area contributed by atoms with Crippen LogP contribution < -0.4 is 10.6 Å². The Labute approximate surface area is 202 Å². The fraction of sp³-hybridized carbons (Fsp3) is 0.522. The van der Waals surface area contributed by atoms with E-state index in [0.717, 1.165) is 18.5 Å². The number of carbonyl (C=O) groups is 1. The largest absolute Gasteiger partial charge is 0.387 e. The van der Waals surface area contributed by atoms with Crippen molar-refractivity contribution >= 4 is 22.6 Å². The van der Waals surface area contributed by atoms with Gasteiger partial charge >= 0.3 is 0 Å². The zero-order chi connectivity index (χ0) is 25.0. The van der Waals surface area contributed by atoms with Gasteiger partial charge in [0.15, 0.2) is 11.5 Å². The third-order valence-corrected chi connectivity index (χ3v) is 6.05. The predicted octanol–water partition coefficient (Wildman–Crippen LogP) is 1.18. The fourth-order valence-electron chi connectivity index (χ4n) is 3.76. The third kappa shape index (κ3) is 5.89. The van der Waals surface area contributed by atoms with E-state index in [-0.39, 0.29) is 18.2 Å². The highest BCUT2D eigenvalue weighted by molar-refractivity contribution is 5.99. The highest BCUT2D eigenvalue weighted by Crippen LogP contribution is 2.21. The van der Waals surface area contributed by atoms with Gasteiger partial charge in [-0.1, -0.05) is 0 Å². The van der Waals surface area contributed by atoms with Gasteiger partial charge in [0.05, 0.1) is 48.2 Å². The van der Waals surface area contributed by atoms with Crippen molar-refractivity contribution in [2.24, 2.45) is 0 Å². The minimum Gasteiger partial charge on any atom is -0.387 e. The van der Waals surface area contributed by atoms with Gasteiger partial charge in [-0.25, -0.2) is 19.3 Å². The van der Waals surface area contributed by atoms with Crippen molar-refractivity contribution in [1.82, 2.24) is 34.9 Å². The van der Waals surface area contributed by atoms with E-state index in [1.807, 2.05) is 0 Å². The van der Waals surface area contributed by atoms with Crippen molar-refractivity contribution in [2.45, 2.75) is 38.6 Å². The summed E-state index contributed by atoms with van der Waals surface area (Å²) in [6.07, 6.45) is 4.54. The van der Waals surface area contributed by atoms with Crippen LogP contribution in [0.2, 0.25) is 0 Å². The molecule has 1 aliphatic heterocycles. The van der Waals surface area contributed by atoms with Crippen LogP contribution >= 0.6 is 0 Å². The number of amides is 1. The Bertz CT molecular complexity index is 1160. The summed E-state index contributed by atoms with van der Waals surface area (Å²) in [6.45, 7) is 8.13. The first-order valence-corrected chi connectivity index (χ1v) is 11.6. The maximum absolute atomic E-state index is 14.2. The topological polar surface area (TPSA) is 130 Å². The van der Waals surface area contributed by atoms with Gasteiger partial charge in [0.2, 0.25) is 0 Å². The Balaban J connectivity index is 1.58. The lowest BCUT2D eigenvalue weighted by Gasteiger charge is -2.32. The molecule has 188 valence electrons. The SMILES string of the molecule is CC(CNc1cc(-n2ncc3cncnc32)ncc1C(=O)NC[C@@H](F)C(C)(C)O)N1CCOCC1. The number of aliphatic hydroxyl groups is 1. The van der Waals surface area contributed by atoms with Gasteiger partial charge in [-0.2, -0.15) is 9.78 Å². The molecule has 4 heterocycles. The van der Waals surface area contributed by atoms with Crippen LogP contribution in [0.4, 0.5) is 10.1 Å². The number of hydrogen-bond acceptors (Lipinski definition) is 9. The summed E-state index contributed by atoms with van der Waals surface area (Å²) >= 11 is 0. The molecule has 0 aliphatic carbocycles. The summed E-state index contributed by atoms with van der Waals surface area (Å²) in [5, 5.41) is 20.9. The lowest BCUT2D eigenvalue weighted by atomic mass is 10.0.